The first kappa shape index (κ1) is 9.98. The molecule has 1 heterocycles. The summed E-state index contributed by atoms with van der Waals surface area (Å²) in [6.07, 6.45) is 0. The first-order valence-electron chi connectivity index (χ1n) is 4.95. The van der Waals surface area contributed by atoms with E-state index in [1.165, 1.54) is 0 Å². The van der Waals surface area contributed by atoms with Crippen molar-refractivity contribution in [2.45, 2.75) is 6.04 Å². The first-order valence-corrected chi connectivity index (χ1v) is 4.95. The van der Waals surface area contributed by atoms with Gasteiger partial charge >= 0.3 is 0 Å². The zero-order valence-electron chi connectivity index (χ0n) is 8.62. The number of benzene rings is 1. The molecule has 1 aliphatic rings. The van der Waals surface area contributed by atoms with Crippen LogP contribution in [0.2, 0.25) is 0 Å². The van der Waals surface area contributed by atoms with Crippen LogP contribution in [0.5, 0.6) is 5.75 Å². The fourth-order valence-electron chi connectivity index (χ4n) is 1.40. The van der Waals surface area contributed by atoms with E-state index < -0.39 is 0 Å². The molecule has 2 N–H and O–H groups in total. The third-order valence-electron chi connectivity index (χ3n) is 2.47. The maximum Gasteiger partial charge on any atom is 0.251 e. The minimum absolute atomic E-state index is 0.0239. The van der Waals surface area contributed by atoms with Gasteiger partial charge in [0.1, 0.15) is 5.75 Å². The molecule has 4 heteroatoms. The van der Waals surface area contributed by atoms with Crippen LogP contribution in [0.25, 0.3) is 0 Å². The lowest BCUT2D eigenvalue weighted by molar-refractivity contribution is 0.0924. The van der Waals surface area contributed by atoms with Crippen LogP contribution in [0.3, 0.4) is 0 Å². The van der Waals surface area contributed by atoms with E-state index in [1.54, 1.807) is 31.4 Å². The molecule has 1 aliphatic heterocycles. The highest BCUT2D eigenvalue weighted by molar-refractivity contribution is 5.94. The molecular formula is C11H14N2O2. The van der Waals surface area contributed by atoms with Crippen molar-refractivity contribution in [3.8, 4) is 5.75 Å². The standard InChI is InChI=1S/C11H14N2O2/c1-15-10-4-2-8(3-5-10)11(14)13-9-6-12-7-9/h2-5,9,12H,6-7H2,1H3,(H,13,14). The van der Waals surface area contributed by atoms with Gasteiger partial charge < -0.3 is 15.4 Å². The number of carbonyl (C=O) groups is 1. The van der Waals surface area contributed by atoms with E-state index in [-0.39, 0.29) is 11.9 Å². The van der Waals surface area contributed by atoms with Crippen LogP contribution >= 0.6 is 0 Å². The summed E-state index contributed by atoms with van der Waals surface area (Å²) in [5, 5.41) is 6.03. The highest BCUT2D eigenvalue weighted by atomic mass is 16.5. The molecule has 0 atom stereocenters. The SMILES string of the molecule is COc1ccc(C(=O)NC2CNC2)cc1. The molecule has 0 unspecified atom stereocenters. The smallest absolute Gasteiger partial charge is 0.251 e. The molecule has 2 rings (SSSR count). The maximum absolute atomic E-state index is 11.7. The van der Waals surface area contributed by atoms with Gasteiger partial charge in [-0.1, -0.05) is 0 Å². The molecule has 1 aromatic rings. The summed E-state index contributed by atoms with van der Waals surface area (Å²) in [6.45, 7) is 1.73. The normalized spacial score (nSPS) is 15.5. The van der Waals surface area contributed by atoms with E-state index in [0.717, 1.165) is 18.8 Å². The highest BCUT2D eigenvalue weighted by Gasteiger charge is 2.19. The van der Waals surface area contributed by atoms with E-state index in [1.807, 2.05) is 0 Å². The third-order valence-corrected chi connectivity index (χ3v) is 2.47. The molecule has 15 heavy (non-hydrogen) atoms. The number of hydrogen-bond acceptors (Lipinski definition) is 3. The van der Waals surface area contributed by atoms with Crippen LogP contribution < -0.4 is 15.4 Å². The van der Waals surface area contributed by atoms with Gasteiger partial charge in [0, 0.05) is 18.7 Å². The number of methoxy groups -OCH3 is 1. The molecule has 1 fully saturated rings. The summed E-state index contributed by atoms with van der Waals surface area (Å²) >= 11 is 0. The van der Waals surface area contributed by atoms with E-state index in [2.05, 4.69) is 10.6 Å². The fraction of sp³-hybridized carbons (Fsp3) is 0.364. The van der Waals surface area contributed by atoms with E-state index >= 15 is 0 Å². The Morgan fingerprint density at radius 1 is 1.40 bits per heavy atom. The van der Waals surface area contributed by atoms with Crippen molar-refractivity contribution in [2.75, 3.05) is 20.2 Å². The largest absolute Gasteiger partial charge is 0.497 e. The molecule has 1 saturated heterocycles. The predicted molar refractivity (Wildman–Crippen MR) is 57.1 cm³/mol. The number of ether oxygens (including phenoxy) is 1. The molecule has 80 valence electrons. The quantitative estimate of drug-likeness (QED) is 0.752. The number of carbonyl (C=O) groups excluding carboxylic acids is 1. The van der Waals surface area contributed by atoms with E-state index in [0.29, 0.717) is 5.56 Å². The van der Waals surface area contributed by atoms with Crippen molar-refractivity contribution < 1.29 is 9.53 Å². The Morgan fingerprint density at radius 3 is 2.53 bits per heavy atom. The van der Waals surface area contributed by atoms with E-state index in [4.69, 9.17) is 4.74 Å². The average molecular weight is 206 g/mol. The summed E-state index contributed by atoms with van der Waals surface area (Å²) in [5.41, 5.74) is 0.669. The number of amides is 1. The molecule has 0 aromatic heterocycles. The van der Waals surface area contributed by atoms with Crippen LogP contribution in [-0.4, -0.2) is 32.1 Å². The second-order valence-electron chi connectivity index (χ2n) is 3.56. The molecule has 0 spiro atoms. The summed E-state index contributed by atoms with van der Waals surface area (Å²) in [6, 6.07) is 7.38. The van der Waals surface area contributed by atoms with Gasteiger partial charge in [0.2, 0.25) is 0 Å². The van der Waals surface area contributed by atoms with Crippen LogP contribution in [-0.2, 0) is 0 Å². The van der Waals surface area contributed by atoms with Gasteiger partial charge in [-0.3, -0.25) is 4.79 Å². The second-order valence-corrected chi connectivity index (χ2v) is 3.56. The maximum atomic E-state index is 11.7. The van der Waals surface area contributed by atoms with Crippen molar-refractivity contribution in [3.63, 3.8) is 0 Å². The van der Waals surface area contributed by atoms with Crippen LogP contribution in [0.4, 0.5) is 0 Å². The van der Waals surface area contributed by atoms with Crippen LogP contribution in [0, 0.1) is 0 Å². The Hall–Kier alpha value is -1.55. The average Bonchev–Trinajstić information content (AvgIpc) is 2.23. The van der Waals surface area contributed by atoms with Crippen LogP contribution in [0.15, 0.2) is 24.3 Å². The first-order chi connectivity index (χ1) is 7.29. The van der Waals surface area contributed by atoms with Crippen molar-refractivity contribution in [1.29, 1.82) is 0 Å². The molecule has 0 aliphatic carbocycles. The minimum Gasteiger partial charge on any atom is -0.497 e. The summed E-state index contributed by atoms with van der Waals surface area (Å²) in [4.78, 5) is 11.7. The lowest BCUT2D eigenvalue weighted by atomic mass is 10.1. The molecule has 1 aromatic carbocycles. The van der Waals surface area contributed by atoms with Crippen LogP contribution in [0.1, 0.15) is 10.4 Å². The van der Waals surface area contributed by atoms with Gasteiger partial charge in [0.15, 0.2) is 0 Å². The van der Waals surface area contributed by atoms with Crippen molar-refractivity contribution in [2.24, 2.45) is 0 Å². The lowest BCUT2D eigenvalue weighted by Gasteiger charge is -2.27. The van der Waals surface area contributed by atoms with Crippen molar-refractivity contribution in [3.05, 3.63) is 29.8 Å². The Balaban J connectivity index is 1.98. The zero-order valence-corrected chi connectivity index (χ0v) is 8.62. The van der Waals surface area contributed by atoms with Gasteiger partial charge in [-0.15, -0.1) is 0 Å². The van der Waals surface area contributed by atoms with Gasteiger partial charge in [-0.2, -0.15) is 0 Å². The highest BCUT2D eigenvalue weighted by Crippen LogP contribution is 2.11. The van der Waals surface area contributed by atoms with Gasteiger partial charge in [0.25, 0.3) is 5.91 Å². The van der Waals surface area contributed by atoms with Gasteiger partial charge in [-0.25, -0.2) is 0 Å². The number of hydrogen-bond donors (Lipinski definition) is 2. The minimum atomic E-state index is -0.0239. The Bertz CT molecular complexity index is 344. The summed E-state index contributed by atoms with van der Waals surface area (Å²) in [5.74, 6) is 0.737. The second kappa shape index (κ2) is 4.31. The Kier molecular flexibility index (Phi) is 2.87. The molecule has 0 saturated carbocycles. The molecule has 0 radical (unpaired) electrons. The van der Waals surface area contributed by atoms with E-state index in [9.17, 15) is 4.79 Å². The predicted octanol–water partition coefficient (Wildman–Crippen LogP) is 0.397. The summed E-state index contributed by atoms with van der Waals surface area (Å²) in [7, 11) is 1.61. The van der Waals surface area contributed by atoms with Crippen molar-refractivity contribution >= 4 is 5.91 Å². The number of nitrogens with one attached hydrogen (secondary N) is 2. The lowest BCUT2D eigenvalue weighted by Crippen LogP contribution is -2.56. The number of rotatable bonds is 3. The Labute approximate surface area is 88.6 Å². The molecule has 1 amide bonds. The topological polar surface area (TPSA) is 50.4 Å². The molecule has 4 nitrogen and oxygen atoms in total. The monoisotopic (exact) mass is 206 g/mol. The third kappa shape index (κ3) is 2.27. The summed E-state index contributed by atoms with van der Waals surface area (Å²) < 4.78 is 5.02. The Morgan fingerprint density at radius 2 is 2.07 bits per heavy atom. The molecular weight excluding hydrogens is 192 g/mol. The van der Waals surface area contributed by atoms with Gasteiger partial charge in [0.05, 0.1) is 13.2 Å². The zero-order chi connectivity index (χ0) is 10.7. The van der Waals surface area contributed by atoms with Crippen molar-refractivity contribution in [1.82, 2.24) is 10.6 Å². The molecule has 0 bridgehead atoms. The fourth-order valence-corrected chi connectivity index (χ4v) is 1.40. The van der Waals surface area contributed by atoms with Gasteiger partial charge in [-0.05, 0) is 24.3 Å².